The van der Waals surface area contributed by atoms with Crippen LogP contribution in [0.4, 0.5) is 5.69 Å². The predicted molar refractivity (Wildman–Crippen MR) is 133 cm³/mol. The maximum Gasteiger partial charge on any atom is 0.0387 e. The highest BCUT2D eigenvalue weighted by Crippen LogP contribution is 2.30. The molecular weight excluding hydrogens is 362 g/mol. The smallest absolute Gasteiger partial charge is 0.0387 e. The topological polar surface area (TPSA) is 12.0 Å². The Bertz CT molecular complexity index is 1010. The van der Waals surface area contributed by atoms with Crippen molar-refractivity contribution in [1.29, 1.82) is 0 Å². The number of nitrogens with one attached hydrogen (secondary N) is 1. The van der Waals surface area contributed by atoms with Gasteiger partial charge in [0.05, 0.1) is 0 Å². The van der Waals surface area contributed by atoms with Crippen LogP contribution in [-0.2, 0) is 19.3 Å². The van der Waals surface area contributed by atoms with Crippen molar-refractivity contribution in [3.8, 4) is 0 Å². The third kappa shape index (κ3) is 5.30. The molecule has 0 radical (unpaired) electrons. The molecule has 3 aromatic rings. The van der Waals surface area contributed by atoms with Crippen LogP contribution >= 0.6 is 0 Å². The Kier molecular flexibility index (Phi) is 7.68. The van der Waals surface area contributed by atoms with Crippen LogP contribution in [0.15, 0.2) is 85.5 Å². The number of rotatable bonds is 6. The van der Waals surface area contributed by atoms with E-state index >= 15 is 0 Å². The molecule has 4 rings (SSSR count). The van der Waals surface area contributed by atoms with E-state index in [1.807, 2.05) is 0 Å². The molecule has 0 saturated carbocycles. The van der Waals surface area contributed by atoms with Crippen LogP contribution in [-0.4, -0.2) is 0 Å². The molecule has 0 unspecified atom stereocenters. The van der Waals surface area contributed by atoms with E-state index in [0.29, 0.717) is 0 Å². The van der Waals surface area contributed by atoms with Gasteiger partial charge in [0.1, 0.15) is 0 Å². The fourth-order valence-electron chi connectivity index (χ4n) is 3.81. The summed E-state index contributed by atoms with van der Waals surface area (Å²) in [5.41, 5.74) is 10.2. The van der Waals surface area contributed by atoms with E-state index < -0.39 is 0 Å². The average molecular weight is 396 g/mol. The van der Waals surface area contributed by atoms with Crippen LogP contribution in [0.1, 0.15) is 55.0 Å². The summed E-state index contributed by atoms with van der Waals surface area (Å²) in [5.74, 6) is 0. The molecule has 1 aliphatic rings. The second-order valence-electron chi connectivity index (χ2n) is 7.79. The third-order valence-electron chi connectivity index (χ3n) is 5.30. The van der Waals surface area contributed by atoms with Crippen molar-refractivity contribution >= 4 is 17.0 Å². The van der Waals surface area contributed by atoms with Crippen molar-refractivity contribution < 1.29 is 0 Å². The number of allylic oxidation sites excluding steroid dienone is 2. The van der Waals surface area contributed by atoms with Gasteiger partial charge in [-0.05, 0) is 59.2 Å². The van der Waals surface area contributed by atoms with Crippen LogP contribution in [0.5, 0.6) is 0 Å². The maximum atomic E-state index is 4.24. The SMILES string of the molecule is C=C(Nc1ccc(CC2=CCc3ccccc32)cc1)c1ccccc1CC.CCC. The van der Waals surface area contributed by atoms with E-state index in [2.05, 4.69) is 112 Å². The zero-order valence-electron chi connectivity index (χ0n) is 18.5. The van der Waals surface area contributed by atoms with Gasteiger partial charge in [-0.25, -0.2) is 0 Å². The van der Waals surface area contributed by atoms with Crippen molar-refractivity contribution in [3.63, 3.8) is 0 Å². The largest absolute Gasteiger partial charge is 0.356 e. The van der Waals surface area contributed by atoms with Crippen LogP contribution in [0.25, 0.3) is 11.3 Å². The molecule has 30 heavy (non-hydrogen) atoms. The Morgan fingerprint density at radius 1 is 0.867 bits per heavy atom. The number of hydrogen-bond donors (Lipinski definition) is 1. The summed E-state index contributed by atoms with van der Waals surface area (Å²) < 4.78 is 0. The van der Waals surface area contributed by atoms with E-state index in [1.54, 1.807) is 0 Å². The lowest BCUT2D eigenvalue weighted by atomic mass is 9.99. The molecule has 3 aromatic carbocycles. The molecule has 1 N–H and O–H groups in total. The molecule has 1 aliphatic carbocycles. The number of benzene rings is 3. The van der Waals surface area contributed by atoms with Crippen molar-refractivity contribution in [2.75, 3.05) is 5.32 Å². The first-order chi connectivity index (χ1) is 14.7. The molecule has 0 amide bonds. The summed E-state index contributed by atoms with van der Waals surface area (Å²) in [6, 6.07) is 25.9. The fourth-order valence-corrected chi connectivity index (χ4v) is 3.81. The average Bonchev–Trinajstić information content (AvgIpc) is 3.18. The van der Waals surface area contributed by atoms with Crippen LogP contribution in [0.3, 0.4) is 0 Å². The van der Waals surface area contributed by atoms with Gasteiger partial charge in [-0.3, -0.25) is 0 Å². The van der Waals surface area contributed by atoms with Gasteiger partial charge in [0, 0.05) is 16.9 Å². The van der Waals surface area contributed by atoms with Gasteiger partial charge in [0.2, 0.25) is 0 Å². The molecule has 1 nitrogen and oxygen atoms in total. The molecule has 0 saturated heterocycles. The van der Waals surface area contributed by atoms with E-state index in [-0.39, 0.29) is 0 Å². The third-order valence-corrected chi connectivity index (χ3v) is 5.30. The fraction of sp³-hybridized carbons (Fsp3) is 0.241. The Labute approximate surface area is 182 Å². The number of anilines is 1. The molecule has 0 bridgehead atoms. The first kappa shape index (κ1) is 21.6. The summed E-state index contributed by atoms with van der Waals surface area (Å²) in [4.78, 5) is 0. The minimum atomic E-state index is 0.952. The molecule has 154 valence electrons. The molecular formula is C29H33N. The molecule has 0 fully saturated rings. The second kappa shape index (κ2) is 10.6. The zero-order valence-corrected chi connectivity index (χ0v) is 18.5. The van der Waals surface area contributed by atoms with Gasteiger partial charge >= 0.3 is 0 Å². The summed E-state index contributed by atoms with van der Waals surface area (Å²) in [6.07, 6.45) is 6.66. The van der Waals surface area contributed by atoms with E-state index in [4.69, 9.17) is 0 Å². The summed E-state index contributed by atoms with van der Waals surface area (Å²) >= 11 is 0. The second-order valence-corrected chi connectivity index (χ2v) is 7.79. The number of fused-ring (bicyclic) bond motifs is 1. The van der Waals surface area contributed by atoms with Crippen LogP contribution in [0, 0.1) is 0 Å². The molecule has 0 spiro atoms. The van der Waals surface area contributed by atoms with E-state index in [1.165, 1.54) is 39.8 Å². The quantitative estimate of drug-likeness (QED) is 0.447. The van der Waals surface area contributed by atoms with Gasteiger partial charge < -0.3 is 5.32 Å². The predicted octanol–water partition coefficient (Wildman–Crippen LogP) is 7.93. The van der Waals surface area contributed by atoms with E-state index in [0.717, 1.165) is 30.6 Å². The first-order valence-corrected chi connectivity index (χ1v) is 11.1. The Morgan fingerprint density at radius 3 is 2.27 bits per heavy atom. The molecule has 0 heterocycles. The molecule has 1 heteroatoms. The number of aryl methyl sites for hydroxylation is 1. The minimum absolute atomic E-state index is 0.952. The van der Waals surface area contributed by atoms with Crippen LogP contribution < -0.4 is 5.32 Å². The minimum Gasteiger partial charge on any atom is -0.356 e. The lowest BCUT2D eigenvalue weighted by molar-refractivity contribution is 1.09. The van der Waals surface area contributed by atoms with Gasteiger partial charge in [0.15, 0.2) is 0 Å². The standard InChI is InChI=1S/C26H25N.C3H8/c1-3-21-8-4-6-10-25(21)19(2)27-24-16-12-20(13-17-24)18-23-15-14-22-9-5-7-11-26(22)23;1-3-2/h4-13,15-17,27H,2-3,14,18H2,1H3;3H2,1-2H3. The number of hydrogen-bond acceptors (Lipinski definition) is 1. The summed E-state index contributed by atoms with van der Waals surface area (Å²) in [5, 5.41) is 3.46. The van der Waals surface area contributed by atoms with Gasteiger partial charge in [-0.2, -0.15) is 0 Å². The Balaban J connectivity index is 0.000000806. The maximum absolute atomic E-state index is 4.24. The summed E-state index contributed by atoms with van der Waals surface area (Å²) in [6.45, 7) is 10.7. The van der Waals surface area contributed by atoms with Crippen molar-refractivity contribution in [1.82, 2.24) is 0 Å². The molecule has 0 aromatic heterocycles. The highest BCUT2D eigenvalue weighted by molar-refractivity contribution is 5.77. The van der Waals surface area contributed by atoms with Gasteiger partial charge in [-0.15, -0.1) is 0 Å². The summed E-state index contributed by atoms with van der Waals surface area (Å²) in [7, 11) is 0. The molecule has 0 aliphatic heterocycles. The Hall–Kier alpha value is -3.06. The van der Waals surface area contributed by atoms with Gasteiger partial charge in [0.25, 0.3) is 0 Å². The van der Waals surface area contributed by atoms with E-state index in [9.17, 15) is 0 Å². The highest BCUT2D eigenvalue weighted by Gasteiger charge is 2.13. The lowest BCUT2D eigenvalue weighted by Crippen LogP contribution is -2.00. The monoisotopic (exact) mass is 395 g/mol. The normalized spacial score (nSPS) is 11.8. The van der Waals surface area contributed by atoms with Crippen LogP contribution in [0.2, 0.25) is 0 Å². The zero-order chi connectivity index (χ0) is 21.3. The first-order valence-electron chi connectivity index (χ1n) is 11.1. The van der Waals surface area contributed by atoms with Crippen molar-refractivity contribution in [2.24, 2.45) is 0 Å². The van der Waals surface area contributed by atoms with Crippen molar-refractivity contribution in [3.05, 3.63) is 113 Å². The van der Waals surface area contributed by atoms with Crippen molar-refractivity contribution in [2.45, 2.75) is 46.5 Å². The molecule has 0 atom stereocenters. The Morgan fingerprint density at radius 2 is 1.53 bits per heavy atom. The van der Waals surface area contributed by atoms with Gasteiger partial charge in [-0.1, -0.05) is 101 Å². The highest BCUT2D eigenvalue weighted by atomic mass is 14.9. The lowest BCUT2D eigenvalue weighted by Gasteiger charge is -2.14.